The molecule has 1 N–H and O–H groups in total. The molecule has 4 aromatic rings. The van der Waals surface area contributed by atoms with Crippen LogP contribution in [0, 0.1) is 0 Å². The summed E-state index contributed by atoms with van der Waals surface area (Å²) in [5.41, 5.74) is 9.19. The number of fused-ring (bicyclic) bond motifs is 3. The van der Waals surface area contributed by atoms with E-state index in [-0.39, 0.29) is 5.41 Å². The summed E-state index contributed by atoms with van der Waals surface area (Å²) in [5.74, 6) is -0.905. The fraction of sp³-hybridized carbons (Fsp3) is 0.405. The summed E-state index contributed by atoms with van der Waals surface area (Å²) in [6.07, 6.45) is 18.0. The average Bonchev–Trinajstić information content (AvgIpc) is 3.34. The average molecular weight is 602 g/mol. The van der Waals surface area contributed by atoms with Gasteiger partial charge in [0.25, 0.3) is 0 Å². The maximum absolute atomic E-state index is 11.6. The van der Waals surface area contributed by atoms with Crippen LogP contribution < -0.4 is 4.90 Å². The van der Waals surface area contributed by atoms with Crippen molar-refractivity contribution in [2.45, 2.75) is 109 Å². The zero-order chi connectivity index (χ0) is 31.5. The normalized spacial score (nSPS) is 12.9. The number of carbonyl (C=O) groups is 1. The van der Waals surface area contributed by atoms with Gasteiger partial charge in [-0.3, -0.25) is 0 Å². The van der Waals surface area contributed by atoms with Gasteiger partial charge in [0, 0.05) is 22.5 Å². The van der Waals surface area contributed by atoms with Gasteiger partial charge >= 0.3 is 5.97 Å². The topological polar surface area (TPSA) is 40.5 Å². The largest absolute Gasteiger partial charge is 0.478 e. The van der Waals surface area contributed by atoms with Crippen LogP contribution in [0.15, 0.2) is 97.1 Å². The number of aromatic carboxylic acids is 1. The van der Waals surface area contributed by atoms with Crippen molar-refractivity contribution >= 4 is 23.0 Å². The van der Waals surface area contributed by atoms with Gasteiger partial charge in [-0.25, -0.2) is 4.79 Å². The van der Waals surface area contributed by atoms with Crippen molar-refractivity contribution in [2.24, 2.45) is 0 Å². The fourth-order valence-corrected chi connectivity index (χ4v) is 7.44. The Balaban J connectivity index is 1.56. The summed E-state index contributed by atoms with van der Waals surface area (Å²) in [4.78, 5) is 13.9. The molecule has 3 nitrogen and oxygen atoms in total. The first kappa shape index (κ1) is 32.5. The predicted octanol–water partition coefficient (Wildman–Crippen LogP) is 12.6. The first-order valence-electron chi connectivity index (χ1n) is 17.5. The third-order valence-electron chi connectivity index (χ3n) is 9.81. The number of para-hydroxylation sites is 1. The van der Waals surface area contributed by atoms with Gasteiger partial charge in [0.05, 0.1) is 5.56 Å². The number of hydrogen-bond donors (Lipinski definition) is 1. The Bertz CT molecular complexity index is 1490. The van der Waals surface area contributed by atoms with Gasteiger partial charge in [-0.2, -0.15) is 0 Å². The van der Waals surface area contributed by atoms with Crippen molar-refractivity contribution in [1.82, 2.24) is 0 Å². The van der Waals surface area contributed by atoms with E-state index in [0.29, 0.717) is 5.56 Å². The van der Waals surface area contributed by atoms with E-state index in [1.165, 1.54) is 112 Å². The minimum absolute atomic E-state index is 0.00692. The van der Waals surface area contributed by atoms with Crippen molar-refractivity contribution in [3.63, 3.8) is 0 Å². The zero-order valence-electron chi connectivity index (χ0n) is 27.4. The molecule has 0 aliphatic heterocycles. The monoisotopic (exact) mass is 601 g/mol. The molecule has 0 atom stereocenters. The Hall–Kier alpha value is -3.85. The summed E-state index contributed by atoms with van der Waals surface area (Å²) in [5, 5.41) is 9.55. The summed E-state index contributed by atoms with van der Waals surface area (Å²) >= 11 is 0. The van der Waals surface area contributed by atoms with E-state index in [2.05, 4.69) is 85.5 Å². The molecular weight excluding hydrogens is 550 g/mol. The smallest absolute Gasteiger partial charge is 0.335 e. The van der Waals surface area contributed by atoms with E-state index < -0.39 is 5.97 Å². The van der Waals surface area contributed by atoms with E-state index in [4.69, 9.17) is 0 Å². The summed E-state index contributed by atoms with van der Waals surface area (Å²) in [6.45, 7) is 4.58. The number of carboxylic acid groups (broad SMARTS) is 1. The summed E-state index contributed by atoms with van der Waals surface area (Å²) in [6, 6.07) is 33.9. The van der Waals surface area contributed by atoms with Crippen LogP contribution >= 0.6 is 0 Å². The van der Waals surface area contributed by atoms with Gasteiger partial charge in [0.1, 0.15) is 0 Å². The van der Waals surface area contributed by atoms with Gasteiger partial charge in [-0.05, 0) is 83.6 Å². The number of hydrogen-bond acceptors (Lipinski definition) is 2. The highest BCUT2D eigenvalue weighted by atomic mass is 16.4. The molecule has 0 aromatic heterocycles. The van der Waals surface area contributed by atoms with Crippen LogP contribution in [0.1, 0.15) is 125 Å². The molecule has 236 valence electrons. The maximum atomic E-state index is 11.6. The lowest BCUT2D eigenvalue weighted by Gasteiger charge is -2.34. The lowest BCUT2D eigenvalue weighted by atomic mass is 9.70. The summed E-state index contributed by atoms with van der Waals surface area (Å²) in [7, 11) is 0. The number of carboxylic acids is 1. The molecule has 0 spiro atoms. The molecule has 0 saturated heterocycles. The van der Waals surface area contributed by atoms with Crippen LogP contribution in [0.4, 0.5) is 17.1 Å². The second-order valence-electron chi connectivity index (χ2n) is 12.9. The molecular formula is C42H51NO2. The van der Waals surface area contributed by atoms with E-state index in [1.807, 2.05) is 18.2 Å². The molecule has 0 heterocycles. The minimum atomic E-state index is -0.905. The molecule has 1 aliphatic rings. The molecule has 1 aliphatic carbocycles. The van der Waals surface area contributed by atoms with Crippen LogP contribution in [0.25, 0.3) is 11.1 Å². The SMILES string of the molecule is CCCCCCCCC1(CCCCCCCC)c2ccccc2-c2ccc(N(c3ccccc3)c3ccc(C(=O)O)cc3)cc21. The van der Waals surface area contributed by atoms with Crippen molar-refractivity contribution in [3.05, 3.63) is 114 Å². The molecule has 0 amide bonds. The fourth-order valence-electron chi connectivity index (χ4n) is 7.44. The Morgan fingerprint density at radius 2 is 1.07 bits per heavy atom. The predicted molar refractivity (Wildman–Crippen MR) is 190 cm³/mol. The van der Waals surface area contributed by atoms with E-state index in [9.17, 15) is 9.90 Å². The van der Waals surface area contributed by atoms with Crippen LogP contribution in [-0.2, 0) is 5.41 Å². The molecule has 45 heavy (non-hydrogen) atoms. The van der Waals surface area contributed by atoms with Crippen molar-refractivity contribution in [1.29, 1.82) is 0 Å². The summed E-state index contributed by atoms with van der Waals surface area (Å²) < 4.78 is 0. The van der Waals surface area contributed by atoms with Gasteiger partial charge in [-0.1, -0.05) is 139 Å². The lowest BCUT2D eigenvalue weighted by molar-refractivity contribution is 0.0697. The highest BCUT2D eigenvalue weighted by molar-refractivity contribution is 5.89. The number of benzene rings is 4. The molecule has 4 aromatic carbocycles. The maximum Gasteiger partial charge on any atom is 0.335 e. The van der Waals surface area contributed by atoms with E-state index in [1.54, 1.807) is 12.1 Å². The van der Waals surface area contributed by atoms with Crippen LogP contribution in [0.3, 0.4) is 0 Å². The van der Waals surface area contributed by atoms with Crippen molar-refractivity contribution < 1.29 is 9.90 Å². The lowest BCUT2D eigenvalue weighted by Crippen LogP contribution is -2.26. The number of nitrogens with zero attached hydrogens (tertiary/aromatic N) is 1. The minimum Gasteiger partial charge on any atom is -0.478 e. The highest BCUT2D eigenvalue weighted by Crippen LogP contribution is 2.55. The highest BCUT2D eigenvalue weighted by Gasteiger charge is 2.42. The molecule has 5 rings (SSSR count). The molecule has 0 bridgehead atoms. The molecule has 3 heteroatoms. The second kappa shape index (κ2) is 15.9. The van der Waals surface area contributed by atoms with Gasteiger partial charge < -0.3 is 10.0 Å². The molecule has 0 fully saturated rings. The van der Waals surface area contributed by atoms with Crippen LogP contribution in [0.2, 0.25) is 0 Å². The molecule has 0 unspecified atom stereocenters. The van der Waals surface area contributed by atoms with Crippen molar-refractivity contribution in [2.75, 3.05) is 4.90 Å². The van der Waals surface area contributed by atoms with Gasteiger partial charge in [-0.15, -0.1) is 0 Å². The van der Waals surface area contributed by atoms with Gasteiger partial charge in [0.15, 0.2) is 0 Å². The van der Waals surface area contributed by atoms with Crippen LogP contribution in [-0.4, -0.2) is 11.1 Å². The molecule has 0 saturated carbocycles. The Labute approximate surface area is 271 Å². The quantitative estimate of drug-likeness (QED) is 0.115. The van der Waals surface area contributed by atoms with E-state index >= 15 is 0 Å². The third-order valence-corrected chi connectivity index (χ3v) is 9.81. The molecule has 0 radical (unpaired) electrons. The second-order valence-corrected chi connectivity index (χ2v) is 12.9. The zero-order valence-corrected chi connectivity index (χ0v) is 27.4. The number of rotatable bonds is 18. The van der Waals surface area contributed by atoms with Crippen molar-refractivity contribution in [3.8, 4) is 11.1 Å². The Kier molecular flexibility index (Phi) is 11.5. The van der Waals surface area contributed by atoms with Gasteiger partial charge in [0.2, 0.25) is 0 Å². The first-order valence-corrected chi connectivity index (χ1v) is 17.5. The first-order chi connectivity index (χ1) is 22.1. The standard InChI is InChI=1S/C42H51NO2/c1-3-5-7-9-11-18-30-42(31-19-12-10-8-6-4-2)39-23-17-16-22-37(39)38-29-28-36(32-40(38)42)43(34-20-14-13-15-21-34)35-26-24-33(25-27-35)41(44)45/h13-17,20-29,32H,3-12,18-19,30-31H2,1-2H3,(H,44,45). The third kappa shape index (κ3) is 7.52. The number of unbranched alkanes of at least 4 members (excludes halogenated alkanes) is 10. The Morgan fingerprint density at radius 1 is 0.556 bits per heavy atom. The Morgan fingerprint density at radius 3 is 1.69 bits per heavy atom. The van der Waals surface area contributed by atoms with E-state index in [0.717, 1.165) is 17.1 Å². The van der Waals surface area contributed by atoms with Crippen LogP contribution in [0.5, 0.6) is 0 Å². The number of anilines is 3.